The number of benzene rings is 1. The van der Waals surface area contributed by atoms with E-state index in [1.54, 1.807) is 4.90 Å². The highest BCUT2D eigenvalue weighted by Gasteiger charge is 2.25. The molecule has 24 heavy (non-hydrogen) atoms. The Morgan fingerprint density at radius 2 is 2.08 bits per heavy atom. The average Bonchev–Trinajstić information content (AvgIpc) is 2.60. The van der Waals surface area contributed by atoms with Gasteiger partial charge in [0.05, 0.1) is 12.6 Å². The number of likely N-dealkylation sites (N-methyl/N-ethyl adjacent to an activating group) is 1. The second-order valence-corrected chi connectivity index (χ2v) is 7.15. The van der Waals surface area contributed by atoms with Crippen molar-refractivity contribution in [2.45, 2.75) is 46.1 Å². The highest BCUT2D eigenvalue weighted by atomic mass is 16.3. The molecule has 1 aliphatic heterocycles. The van der Waals surface area contributed by atoms with Gasteiger partial charge in [0, 0.05) is 13.0 Å². The number of carbonyl (C=O) groups is 1. The van der Waals surface area contributed by atoms with E-state index in [0.29, 0.717) is 31.3 Å². The number of amides is 1. The number of nitrogens with zero attached hydrogens (tertiary/aromatic N) is 1. The van der Waals surface area contributed by atoms with Crippen LogP contribution in [0.1, 0.15) is 50.3 Å². The fourth-order valence-corrected chi connectivity index (χ4v) is 3.45. The first-order valence-electron chi connectivity index (χ1n) is 9.24. The first-order valence-corrected chi connectivity index (χ1v) is 9.24. The van der Waals surface area contributed by atoms with Crippen LogP contribution in [0.3, 0.4) is 0 Å². The van der Waals surface area contributed by atoms with Gasteiger partial charge in [-0.1, -0.05) is 36.8 Å². The third-order valence-electron chi connectivity index (χ3n) is 5.23. The third-order valence-corrected chi connectivity index (χ3v) is 5.23. The summed E-state index contributed by atoms with van der Waals surface area (Å²) in [6, 6.07) is 7.87. The van der Waals surface area contributed by atoms with Crippen LogP contribution in [0, 0.1) is 18.8 Å². The van der Waals surface area contributed by atoms with Gasteiger partial charge in [-0.2, -0.15) is 0 Å². The summed E-state index contributed by atoms with van der Waals surface area (Å²) >= 11 is 0. The lowest BCUT2D eigenvalue weighted by atomic mass is 9.85. The summed E-state index contributed by atoms with van der Waals surface area (Å²) in [5, 5.41) is 13.9. The lowest BCUT2D eigenvalue weighted by molar-refractivity contribution is -0.133. The lowest BCUT2D eigenvalue weighted by Gasteiger charge is -2.30. The maximum atomic E-state index is 12.6. The van der Waals surface area contributed by atoms with E-state index in [9.17, 15) is 9.90 Å². The van der Waals surface area contributed by atoms with Gasteiger partial charge in [-0.15, -0.1) is 0 Å². The summed E-state index contributed by atoms with van der Waals surface area (Å²) in [5.74, 6) is 1.13. The molecule has 1 aromatic carbocycles. The van der Waals surface area contributed by atoms with Gasteiger partial charge in [0.25, 0.3) is 0 Å². The predicted octanol–water partition coefficient (Wildman–Crippen LogP) is 2.90. The Kier molecular flexibility index (Phi) is 7.25. The molecule has 2 rings (SSSR count). The number of aliphatic hydroxyl groups is 1. The molecule has 4 nitrogen and oxygen atoms in total. The SMILES string of the molecule is CCN(CC(O)c1ccc(C)cc1)C(=O)CC(C)C1CCCNC1. The highest BCUT2D eigenvalue weighted by Crippen LogP contribution is 2.24. The zero-order valence-electron chi connectivity index (χ0n) is 15.3. The number of carbonyl (C=O) groups excluding carboxylic acids is 1. The predicted molar refractivity (Wildman–Crippen MR) is 97.8 cm³/mol. The van der Waals surface area contributed by atoms with Crippen molar-refractivity contribution in [2.24, 2.45) is 11.8 Å². The van der Waals surface area contributed by atoms with Crippen LogP contribution in [0.5, 0.6) is 0 Å². The molecule has 0 radical (unpaired) electrons. The minimum Gasteiger partial charge on any atom is -0.387 e. The molecule has 3 atom stereocenters. The summed E-state index contributed by atoms with van der Waals surface area (Å²) in [6.07, 6.45) is 2.36. The summed E-state index contributed by atoms with van der Waals surface area (Å²) in [5.41, 5.74) is 2.04. The van der Waals surface area contributed by atoms with E-state index < -0.39 is 6.10 Å². The van der Waals surface area contributed by atoms with Gasteiger partial charge in [0.15, 0.2) is 0 Å². The first-order chi connectivity index (χ1) is 11.5. The zero-order valence-corrected chi connectivity index (χ0v) is 15.3. The van der Waals surface area contributed by atoms with E-state index in [1.165, 1.54) is 18.4 Å². The molecule has 0 spiro atoms. The molecule has 0 bridgehead atoms. The largest absolute Gasteiger partial charge is 0.387 e. The number of rotatable bonds is 7. The van der Waals surface area contributed by atoms with E-state index in [4.69, 9.17) is 0 Å². The van der Waals surface area contributed by atoms with Gasteiger partial charge in [0.2, 0.25) is 5.91 Å². The van der Waals surface area contributed by atoms with E-state index in [2.05, 4.69) is 12.2 Å². The molecule has 0 aliphatic carbocycles. The molecular formula is C20H32N2O2. The quantitative estimate of drug-likeness (QED) is 0.807. The third kappa shape index (κ3) is 5.32. The number of aryl methyl sites for hydroxylation is 1. The van der Waals surface area contributed by atoms with Crippen molar-refractivity contribution in [1.82, 2.24) is 10.2 Å². The van der Waals surface area contributed by atoms with E-state index in [-0.39, 0.29) is 5.91 Å². The minimum absolute atomic E-state index is 0.154. The summed E-state index contributed by atoms with van der Waals surface area (Å²) in [6.45, 7) is 9.31. The van der Waals surface area contributed by atoms with Gasteiger partial charge in [-0.25, -0.2) is 0 Å². The van der Waals surface area contributed by atoms with Gasteiger partial charge in [0.1, 0.15) is 0 Å². The molecule has 0 aromatic heterocycles. The highest BCUT2D eigenvalue weighted by molar-refractivity contribution is 5.76. The molecule has 1 fully saturated rings. The van der Waals surface area contributed by atoms with E-state index >= 15 is 0 Å². The Balaban J connectivity index is 1.89. The summed E-state index contributed by atoms with van der Waals surface area (Å²) < 4.78 is 0. The molecule has 3 unspecified atom stereocenters. The number of nitrogens with one attached hydrogen (secondary N) is 1. The molecule has 1 aliphatic rings. The van der Waals surface area contributed by atoms with Crippen LogP contribution in [-0.2, 0) is 4.79 Å². The normalized spacial score (nSPS) is 20.4. The van der Waals surface area contributed by atoms with Crippen LogP contribution < -0.4 is 5.32 Å². The second kappa shape index (κ2) is 9.19. The number of piperidine rings is 1. The molecule has 1 heterocycles. The topological polar surface area (TPSA) is 52.6 Å². The summed E-state index contributed by atoms with van der Waals surface area (Å²) in [7, 11) is 0. The molecule has 1 aromatic rings. The Bertz CT molecular complexity index is 509. The van der Waals surface area contributed by atoms with Crippen molar-refractivity contribution in [3.05, 3.63) is 35.4 Å². The number of hydrogen-bond acceptors (Lipinski definition) is 3. The van der Waals surface area contributed by atoms with Gasteiger partial charge < -0.3 is 15.3 Å². The van der Waals surface area contributed by atoms with Crippen molar-refractivity contribution >= 4 is 5.91 Å². The molecule has 1 saturated heterocycles. The Morgan fingerprint density at radius 1 is 1.38 bits per heavy atom. The van der Waals surface area contributed by atoms with Crippen LogP contribution in [-0.4, -0.2) is 42.1 Å². The van der Waals surface area contributed by atoms with Crippen molar-refractivity contribution in [2.75, 3.05) is 26.2 Å². The van der Waals surface area contributed by atoms with Crippen LogP contribution >= 0.6 is 0 Å². The molecule has 134 valence electrons. The smallest absolute Gasteiger partial charge is 0.222 e. The Hall–Kier alpha value is -1.39. The fourth-order valence-electron chi connectivity index (χ4n) is 3.45. The Morgan fingerprint density at radius 3 is 2.67 bits per heavy atom. The molecule has 2 N–H and O–H groups in total. The van der Waals surface area contributed by atoms with E-state index in [1.807, 2.05) is 38.1 Å². The molecule has 0 saturated carbocycles. The fraction of sp³-hybridized carbons (Fsp3) is 0.650. The zero-order chi connectivity index (χ0) is 17.5. The van der Waals surface area contributed by atoms with E-state index in [0.717, 1.165) is 18.7 Å². The van der Waals surface area contributed by atoms with Gasteiger partial charge in [-0.05, 0) is 57.2 Å². The first kappa shape index (κ1) is 18.9. The van der Waals surface area contributed by atoms with Crippen LogP contribution in [0.2, 0.25) is 0 Å². The maximum Gasteiger partial charge on any atom is 0.222 e. The Labute approximate surface area is 146 Å². The number of hydrogen-bond donors (Lipinski definition) is 2. The minimum atomic E-state index is -0.624. The van der Waals surface area contributed by atoms with Crippen molar-refractivity contribution in [3.8, 4) is 0 Å². The monoisotopic (exact) mass is 332 g/mol. The van der Waals surface area contributed by atoms with Gasteiger partial charge in [-0.3, -0.25) is 4.79 Å². The van der Waals surface area contributed by atoms with Crippen LogP contribution in [0.15, 0.2) is 24.3 Å². The summed E-state index contributed by atoms with van der Waals surface area (Å²) in [4.78, 5) is 14.4. The van der Waals surface area contributed by atoms with Crippen molar-refractivity contribution < 1.29 is 9.90 Å². The number of aliphatic hydroxyl groups excluding tert-OH is 1. The molecule has 1 amide bonds. The second-order valence-electron chi connectivity index (χ2n) is 7.15. The van der Waals surface area contributed by atoms with Crippen LogP contribution in [0.4, 0.5) is 0 Å². The molecule has 4 heteroatoms. The average molecular weight is 332 g/mol. The maximum absolute atomic E-state index is 12.6. The van der Waals surface area contributed by atoms with Crippen molar-refractivity contribution in [1.29, 1.82) is 0 Å². The van der Waals surface area contributed by atoms with Crippen molar-refractivity contribution in [3.63, 3.8) is 0 Å². The standard InChI is InChI=1S/C20H32N2O2/c1-4-22(14-19(23)17-9-7-15(2)8-10-17)20(24)12-16(3)18-6-5-11-21-13-18/h7-10,16,18-19,21,23H,4-6,11-14H2,1-3H3. The lowest BCUT2D eigenvalue weighted by Crippen LogP contribution is -2.38. The molecular weight excluding hydrogens is 300 g/mol. The van der Waals surface area contributed by atoms with Gasteiger partial charge >= 0.3 is 0 Å². The van der Waals surface area contributed by atoms with Crippen LogP contribution in [0.25, 0.3) is 0 Å².